The molecule has 18 heavy (non-hydrogen) atoms. The molecule has 0 aliphatic rings. The first-order valence-corrected chi connectivity index (χ1v) is 5.30. The van der Waals surface area contributed by atoms with E-state index in [9.17, 15) is 4.79 Å². The summed E-state index contributed by atoms with van der Waals surface area (Å²) in [6.07, 6.45) is 2.89. The van der Waals surface area contributed by atoms with Crippen LogP contribution < -0.4 is 10.6 Å². The molecule has 0 aliphatic carbocycles. The summed E-state index contributed by atoms with van der Waals surface area (Å²) in [6, 6.07) is 3.34. The van der Waals surface area contributed by atoms with E-state index in [1.165, 1.54) is 12.4 Å². The lowest BCUT2D eigenvalue weighted by atomic mass is 10.2. The number of nitrogens with one attached hydrogen (secondary N) is 2. The van der Waals surface area contributed by atoms with Gasteiger partial charge < -0.3 is 5.32 Å². The summed E-state index contributed by atoms with van der Waals surface area (Å²) in [5.41, 5.74) is 1.23. The second kappa shape index (κ2) is 5.17. The molecule has 0 unspecified atom stereocenters. The molecule has 92 valence electrons. The maximum atomic E-state index is 12.0. The lowest BCUT2D eigenvalue weighted by Gasteiger charge is -2.06. The van der Waals surface area contributed by atoms with Crippen molar-refractivity contribution >= 4 is 17.7 Å². The summed E-state index contributed by atoms with van der Waals surface area (Å²) in [5.74, 6) is 0.500. The normalized spacial score (nSPS) is 9.89. The fourth-order valence-electron chi connectivity index (χ4n) is 1.41. The standard InChI is InChI=1S/C11H12N6O/c1-7-5-8(6-9(12-2)15-7)10(18)16-11-13-3-4-14-17-11/h3-6H,1-2H3,(H,12,15)(H,13,16,17,18). The van der Waals surface area contributed by atoms with Gasteiger partial charge >= 0.3 is 0 Å². The van der Waals surface area contributed by atoms with Crippen LogP contribution >= 0.6 is 0 Å². The minimum Gasteiger partial charge on any atom is -0.373 e. The zero-order valence-corrected chi connectivity index (χ0v) is 10.0. The van der Waals surface area contributed by atoms with E-state index in [4.69, 9.17) is 0 Å². The van der Waals surface area contributed by atoms with Crippen LogP contribution in [0.5, 0.6) is 0 Å². The number of nitrogens with zero attached hydrogens (tertiary/aromatic N) is 4. The molecule has 0 saturated carbocycles. The van der Waals surface area contributed by atoms with E-state index in [0.717, 1.165) is 5.69 Å². The summed E-state index contributed by atoms with van der Waals surface area (Å²) >= 11 is 0. The number of carbonyl (C=O) groups is 1. The van der Waals surface area contributed by atoms with Gasteiger partial charge in [-0.05, 0) is 19.1 Å². The SMILES string of the molecule is CNc1cc(C(=O)Nc2nccnn2)cc(C)n1. The van der Waals surface area contributed by atoms with Crippen LogP contribution in [0.4, 0.5) is 11.8 Å². The third-order valence-electron chi connectivity index (χ3n) is 2.18. The molecular weight excluding hydrogens is 232 g/mol. The summed E-state index contributed by atoms with van der Waals surface area (Å²) in [4.78, 5) is 20.0. The number of carbonyl (C=O) groups excluding carboxylic acids is 1. The highest BCUT2D eigenvalue weighted by Crippen LogP contribution is 2.10. The number of anilines is 2. The second-order valence-electron chi connectivity index (χ2n) is 3.55. The molecule has 0 bridgehead atoms. The first-order chi connectivity index (χ1) is 8.69. The molecule has 0 aromatic carbocycles. The maximum absolute atomic E-state index is 12.0. The van der Waals surface area contributed by atoms with Crippen molar-refractivity contribution in [1.82, 2.24) is 20.2 Å². The minimum atomic E-state index is -0.301. The van der Waals surface area contributed by atoms with E-state index >= 15 is 0 Å². The van der Waals surface area contributed by atoms with Crippen LogP contribution in [0.2, 0.25) is 0 Å². The van der Waals surface area contributed by atoms with Crippen LogP contribution in [0.15, 0.2) is 24.5 Å². The molecule has 7 heteroatoms. The first-order valence-electron chi connectivity index (χ1n) is 5.30. The molecule has 0 fully saturated rings. The molecule has 0 aliphatic heterocycles. The van der Waals surface area contributed by atoms with Gasteiger partial charge in [-0.15, -0.1) is 5.10 Å². The van der Waals surface area contributed by atoms with Crippen molar-refractivity contribution in [2.75, 3.05) is 17.7 Å². The molecular formula is C11H12N6O. The van der Waals surface area contributed by atoms with Gasteiger partial charge in [0, 0.05) is 18.3 Å². The second-order valence-corrected chi connectivity index (χ2v) is 3.55. The molecule has 0 radical (unpaired) electrons. The summed E-state index contributed by atoms with van der Waals surface area (Å²) in [5, 5.41) is 12.8. The highest BCUT2D eigenvalue weighted by atomic mass is 16.1. The Morgan fingerprint density at radius 3 is 2.78 bits per heavy atom. The average molecular weight is 244 g/mol. The van der Waals surface area contributed by atoms with Crippen LogP contribution in [-0.4, -0.2) is 33.1 Å². The molecule has 2 aromatic heterocycles. The van der Waals surface area contributed by atoms with Crippen LogP contribution in [0.1, 0.15) is 16.1 Å². The lowest BCUT2D eigenvalue weighted by molar-refractivity contribution is 0.102. The van der Waals surface area contributed by atoms with Crippen molar-refractivity contribution in [3.05, 3.63) is 35.8 Å². The molecule has 0 spiro atoms. The Balaban J connectivity index is 2.21. The van der Waals surface area contributed by atoms with E-state index in [2.05, 4.69) is 30.8 Å². The lowest BCUT2D eigenvalue weighted by Crippen LogP contribution is -2.15. The van der Waals surface area contributed by atoms with E-state index in [1.807, 2.05) is 6.92 Å². The monoisotopic (exact) mass is 244 g/mol. The van der Waals surface area contributed by atoms with Crippen LogP contribution in [0, 0.1) is 6.92 Å². The Labute approximate surface area is 104 Å². The minimum absolute atomic E-state index is 0.169. The number of aryl methyl sites for hydroxylation is 1. The predicted molar refractivity (Wildman–Crippen MR) is 66.3 cm³/mol. The highest BCUT2D eigenvalue weighted by Gasteiger charge is 2.09. The number of pyridine rings is 1. The van der Waals surface area contributed by atoms with Gasteiger partial charge in [-0.3, -0.25) is 10.1 Å². The fraction of sp³-hybridized carbons (Fsp3) is 0.182. The van der Waals surface area contributed by atoms with Crippen LogP contribution in [-0.2, 0) is 0 Å². The molecule has 2 aromatic rings. The fourth-order valence-corrected chi connectivity index (χ4v) is 1.41. The number of rotatable bonds is 3. The van der Waals surface area contributed by atoms with Crippen LogP contribution in [0.25, 0.3) is 0 Å². The number of hydrogen-bond donors (Lipinski definition) is 2. The molecule has 2 rings (SSSR count). The van der Waals surface area contributed by atoms with Crippen molar-refractivity contribution in [3.63, 3.8) is 0 Å². The summed E-state index contributed by atoms with van der Waals surface area (Å²) in [6.45, 7) is 1.82. The Bertz CT molecular complexity index is 557. The Kier molecular flexibility index (Phi) is 3.42. The highest BCUT2D eigenvalue weighted by molar-refractivity contribution is 6.03. The number of hydrogen-bond acceptors (Lipinski definition) is 6. The van der Waals surface area contributed by atoms with E-state index < -0.39 is 0 Å². The molecule has 7 nitrogen and oxygen atoms in total. The van der Waals surface area contributed by atoms with Crippen molar-refractivity contribution < 1.29 is 4.79 Å². The van der Waals surface area contributed by atoms with Gasteiger partial charge in [0.05, 0.1) is 12.4 Å². The maximum Gasteiger partial charge on any atom is 0.258 e. The van der Waals surface area contributed by atoms with Gasteiger partial charge in [0.25, 0.3) is 5.91 Å². The summed E-state index contributed by atoms with van der Waals surface area (Å²) in [7, 11) is 1.74. The molecule has 2 N–H and O–H groups in total. The topological polar surface area (TPSA) is 92.7 Å². The van der Waals surface area contributed by atoms with E-state index in [0.29, 0.717) is 11.4 Å². The zero-order valence-electron chi connectivity index (χ0n) is 10.0. The third-order valence-corrected chi connectivity index (χ3v) is 2.18. The Morgan fingerprint density at radius 2 is 2.11 bits per heavy atom. The third kappa shape index (κ3) is 2.76. The molecule has 2 heterocycles. The number of amides is 1. The Hall–Kier alpha value is -2.57. The van der Waals surface area contributed by atoms with E-state index in [-0.39, 0.29) is 11.9 Å². The van der Waals surface area contributed by atoms with Crippen LogP contribution in [0.3, 0.4) is 0 Å². The molecule has 0 atom stereocenters. The summed E-state index contributed by atoms with van der Waals surface area (Å²) < 4.78 is 0. The zero-order chi connectivity index (χ0) is 13.0. The average Bonchev–Trinajstić information content (AvgIpc) is 2.39. The molecule has 0 saturated heterocycles. The van der Waals surface area contributed by atoms with Gasteiger partial charge in [-0.2, -0.15) is 5.10 Å². The van der Waals surface area contributed by atoms with Crippen molar-refractivity contribution in [1.29, 1.82) is 0 Å². The van der Waals surface area contributed by atoms with Crippen molar-refractivity contribution in [3.8, 4) is 0 Å². The predicted octanol–water partition coefficient (Wildman–Crippen LogP) is 0.869. The molecule has 1 amide bonds. The first kappa shape index (κ1) is 11.9. The van der Waals surface area contributed by atoms with Crippen molar-refractivity contribution in [2.45, 2.75) is 6.92 Å². The van der Waals surface area contributed by atoms with Crippen molar-refractivity contribution in [2.24, 2.45) is 0 Å². The van der Waals surface area contributed by atoms with Gasteiger partial charge in [0.15, 0.2) is 0 Å². The van der Waals surface area contributed by atoms with Gasteiger partial charge in [-0.25, -0.2) is 9.97 Å². The quantitative estimate of drug-likeness (QED) is 0.832. The van der Waals surface area contributed by atoms with Gasteiger partial charge in [-0.1, -0.05) is 0 Å². The largest absolute Gasteiger partial charge is 0.373 e. The smallest absolute Gasteiger partial charge is 0.258 e. The Morgan fingerprint density at radius 1 is 1.28 bits per heavy atom. The van der Waals surface area contributed by atoms with E-state index in [1.54, 1.807) is 19.2 Å². The van der Waals surface area contributed by atoms with Gasteiger partial charge in [0.2, 0.25) is 5.95 Å². The van der Waals surface area contributed by atoms with Gasteiger partial charge in [0.1, 0.15) is 5.82 Å². The number of aromatic nitrogens is 4.